The van der Waals surface area contributed by atoms with Gasteiger partial charge < -0.3 is 10.1 Å². The molecule has 3 aromatic rings. The highest BCUT2D eigenvalue weighted by atomic mass is 16.5. The Labute approximate surface area is 188 Å². The van der Waals surface area contributed by atoms with Crippen LogP contribution >= 0.6 is 0 Å². The number of ether oxygens (including phenoxy) is 1. The molecule has 0 bridgehead atoms. The minimum Gasteiger partial charge on any atom is -0.497 e. The predicted octanol–water partition coefficient (Wildman–Crippen LogP) is 4.05. The molecule has 2 heterocycles. The molecule has 1 aliphatic rings. The van der Waals surface area contributed by atoms with Gasteiger partial charge in [-0.3, -0.25) is 4.68 Å². The van der Waals surface area contributed by atoms with Crippen LogP contribution in [-0.4, -0.2) is 46.7 Å². The van der Waals surface area contributed by atoms with Gasteiger partial charge in [0.05, 0.1) is 24.6 Å². The van der Waals surface area contributed by atoms with Gasteiger partial charge in [-0.2, -0.15) is 10.2 Å². The Hall–Kier alpha value is -3.61. The third kappa shape index (κ3) is 3.75. The van der Waals surface area contributed by atoms with Gasteiger partial charge in [0, 0.05) is 36.5 Å². The monoisotopic (exact) mass is 431 g/mol. The molecule has 0 saturated heterocycles. The summed E-state index contributed by atoms with van der Waals surface area (Å²) >= 11 is 0. The van der Waals surface area contributed by atoms with Crippen molar-refractivity contribution in [3.63, 3.8) is 0 Å². The van der Waals surface area contributed by atoms with E-state index in [9.17, 15) is 4.79 Å². The average molecular weight is 432 g/mol. The highest BCUT2D eigenvalue weighted by Crippen LogP contribution is 2.30. The molecule has 0 spiro atoms. The summed E-state index contributed by atoms with van der Waals surface area (Å²) in [5.41, 5.74) is 8.16. The summed E-state index contributed by atoms with van der Waals surface area (Å²) in [7, 11) is 5.24. The molecule has 0 unspecified atom stereocenters. The first-order chi connectivity index (χ1) is 15.3. The molecule has 7 heteroatoms. The number of urea groups is 1. The van der Waals surface area contributed by atoms with Crippen LogP contribution in [-0.2, 0) is 13.5 Å². The number of amides is 2. The summed E-state index contributed by atoms with van der Waals surface area (Å²) < 4.78 is 7.38. The first kappa shape index (κ1) is 21.6. The maximum atomic E-state index is 12.6. The number of carbonyl (C=O) groups excluding carboxylic acids is 1. The summed E-state index contributed by atoms with van der Waals surface area (Å²) in [5, 5.41) is 13.6. The van der Waals surface area contributed by atoms with E-state index in [1.54, 1.807) is 14.2 Å². The summed E-state index contributed by atoms with van der Waals surface area (Å²) in [6.07, 6.45) is 0.700. The number of hydrazone groups is 1. The predicted molar refractivity (Wildman–Crippen MR) is 126 cm³/mol. The lowest BCUT2D eigenvalue weighted by Crippen LogP contribution is -2.41. The third-order valence-corrected chi connectivity index (χ3v) is 6.09. The van der Waals surface area contributed by atoms with Gasteiger partial charge >= 0.3 is 6.03 Å². The first-order valence-electron chi connectivity index (χ1n) is 10.7. The lowest BCUT2D eigenvalue weighted by Gasteiger charge is -2.22. The minimum absolute atomic E-state index is 0.0837. The van der Waals surface area contributed by atoms with E-state index in [1.165, 1.54) is 5.01 Å². The van der Waals surface area contributed by atoms with E-state index in [4.69, 9.17) is 9.84 Å². The number of carbonyl (C=O) groups is 1. The Bertz CT molecular complexity index is 1190. The lowest BCUT2D eigenvalue weighted by atomic mass is 9.93. The Kier molecular flexibility index (Phi) is 5.74. The van der Waals surface area contributed by atoms with Gasteiger partial charge in [-0.1, -0.05) is 30.3 Å². The molecule has 0 radical (unpaired) electrons. The van der Waals surface area contributed by atoms with E-state index in [2.05, 4.69) is 47.7 Å². The van der Waals surface area contributed by atoms with Crippen molar-refractivity contribution in [2.75, 3.05) is 14.2 Å². The molecule has 2 aromatic carbocycles. The van der Waals surface area contributed by atoms with Crippen LogP contribution in [0.5, 0.6) is 5.75 Å². The van der Waals surface area contributed by atoms with Crippen molar-refractivity contribution in [1.29, 1.82) is 0 Å². The quantitative estimate of drug-likeness (QED) is 0.680. The van der Waals surface area contributed by atoms with Gasteiger partial charge in [-0.15, -0.1) is 0 Å². The maximum absolute atomic E-state index is 12.6. The van der Waals surface area contributed by atoms with Crippen LogP contribution in [0.25, 0.3) is 11.1 Å². The van der Waals surface area contributed by atoms with E-state index in [0.717, 1.165) is 50.7 Å². The molecule has 1 aromatic heterocycles. The van der Waals surface area contributed by atoms with Crippen LogP contribution in [0.2, 0.25) is 0 Å². The molecule has 7 nitrogen and oxygen atoms in total. The molecule has 4 rings (SSSR count). The van der Waals surface area contributed by atoms with Crippen molar-refractivity contribution in [3.05, 3.63) is 70.5 Å². The number of aromatic nitrogens is 2. The molecule has 2 amide bonds. The lowest BCUT2D eigenvalue weighted by molar-refractivity contribution is 0.184. The number of hydrogen-bond acceptors (Lipinski definition) is 4. The van der Waals surface area contributed by atoms with E-state index < -0.39 is 0 Å². The fraction of sp³-hybridized carbons (Fsp3) is 0.320. The Morgan fingerprint density at radius 3 is 2.41 bits per heavy atom. The second-order valence-electron chi connectivity index (χ2n) is 8.17. The Morgan fingerprint density at radius 1 is 1.12 bits per heavy atom. The highest BCUT2D eigenvalue weighted by molar-refractivity contribution is 6.14. The second-order valence-corrected chi connectivity index (χ2v) is 8.17. The summed E-state index contributed by atoms with van der Waals surface area (Å²) in [6, 6.07) is 14.0. The fourth-order valence-electron chi connectivity index (χ4n) is 4.31. The zero-order chi connectivity index (χ0) is 23.0. The van der Waals surface area contributed by atoms with Crippen molar-refractivity contribution in [2.24, 2.45) is 12.1 Å². The zero-order valence-electron chi connectivity index (χ0n) is 19.4. The number of aryl methyl sites for hydroxylation is 2. The molecular weight excluding hydrogens is 402 g/mol. The van der Waals surface area contributed by atoms with Crippen LogP contribution in [0.1, 0.15) is 35.0 Å². The molecule has 1 atom stereocenters. The van der Waals surface area contributed by atoms with E-state index in [1.807, 2.05) is 37.7 Å². The van der Waals surface area contributed by atoms with Gasteiger partial charge in [0.1, 0.15) is 5.75 Å². The van der Waals surface area contributed by atoms with Crippen molar-refractivity contribution in [3.8, 4) is 16.9 Å². The summed E-state index contributed by atoms with van der Waals surface area (Å²) in [5.74, 6) is 0.760. The molecule has 1 N–H and O–H groups in total. The Morgan fingerprint density at radius 2 is 1.81 bits per heavy atom. The normalized spacial score (nSPS) is 15.6. The molecule has 166 valence electrons. The van der Waals surface area contributed by atoms with Gasteiger partial charge in [0.25, 0.3) is 0 Å². The number of rotatable bonds is 3. The third-order valence-electron chi connectivity index (χ3n) is 6.09. The molecule has 0 saturated carbocycles. The standard InChI is InChI=1S/C25H29N5O2/c1-15-13-20-11-12-21(32-6)14-22(20)24(28-30(15)25(31)26-4)19-9-7-18(8-10-19)23-16(2)27-29(5)17(23)3/h7-12,14-15H,13H2,1-6H3,(H,26,31)/t15-/m0/s1. The van der Waals surface area contributed by atoms with Crippen LogP contribution in [0.4, 0.5) is 4.79 Å². The van der Waals surface area contributed by atoms with E-state index in [-0.39, 0.29) is 12.1 Å². The number of methoxy groups -OCH3 is 1. The van der Waals surface area contributed by atoms with Gasteiger partial charge in [0.15, 0.2) is 0 Å². The van der Waals surface area contributed by atoms with Crippen LogP contribution < -0.4 is 10.1 Å². The smallest absolute Gasteiger partial charge is 0.337 e. The summed E-state index contributed by atoms with van der Waals surface area (Å²) in [6.45, 7) is 6.10. The molecule has 1 aliphatic heterocycles. The van der Waals surface area contributed by atoms with Crippen molar-refractivity contribution < 1.29 is 9.53 Å². The van der Waals surface area contributed by atoms with Crippen LogP contribution in [0, 0.1) is 13.8 Å². The van der Waals surface area contributed by atoms with Crippen molar-refractivity contribution in [2.45, 2.75) is 33.2 Å². The largest absolute Gasteiger partial charge is 0.497 e. The summed E-state index contributed by atoms with van der Waals surface area (Å²) in [4.78, 5) is 12.6. The zero-order valence-corrected chi connectivity index (χ0v) is 19.4. The minimum atomic E-state index is -0.229. The molecule has 32 heavy (non-hydrogen) atoms. The number of fused-ring (bicyclic) bond motifs is 1. The first-order valence-corrected chi connectivity index (χ1v) is 10.7. The fourth-order valence-corrected chi connectivity index (χ4v) is 4.31. The number of nitrogens with zero attached hydrogens (tertiary/aromatic N) is 4. The average Bonchev–Trinajstić information content (AvgIpc) is 2.96. The maximum Gasteiger partial charge on any atom is 0.337 e. The SMILES string of the molecule is CNC(=O)N1N=C(c2ccc(-c3c(C)nn(C)c3C)cc2)c2cc(OC)ccc2C[C@@H]1C. The number of benzene rings is 2. The molecular formula is C25H29N5O2. The van der Waals surface area contributed by atoms with Gasteiger partial charge in [-0.25, -0.2) is 9.80 Å². The molecule has 0 aliphatic carbocycles. The topological polar surface area (TPSA) is 71.8 Å². The van der Waals surface area contributed by atoms with E-state index >= 15 is 0 Å². The Balaban J connectivity index is 1.84. The van der Waals surface area contributed by atoms with Crippen LogP contribution in [0.3, 0.4) is 0 Å². The van der Waals surface area contributed by atoms with Crippen LogP contribution in [0.15, 0.2) is 47.6 Å². The second kappa shape index (κ2) is 8.49. The van der Waals surface area contributed by atoms with Crippen molar-refractivity contribution in [1.82, 2.24) is 20.1 Å². The number of nitrogens with one attached hydrogen (secondary N) is 1. The van der Waals surface area contributed by atoms with Gasteiger partial charge in [0.2, 0.25) is 0 Å². The van der Waals surface area contributed by atoms with Crippen molar-refractivity contribution >= 4 is 11.7 Å². The van der Waals surface area contributed by atoms with E-state index in [0.29, 0.717) is 6.42 Å². The molecule has 0 fully saturated rings. The number of hydrogen-bond donors (Lipinski definition) is 1. The highest BCUT2D eigenvalue weighted by Gasteiger charge is 2.27. The van der Waals surface area contributed by atoms with Gasteiger partial charge in [-0.05, 0) is 50.5 Å².